The van der Waals surface area contributed by atoms with Crippen molar-refractivity contribution < 1.29 is 34.7 Å². The summed E-state index contributed by atoms with van der Waals surface area (Å²) >= 11 is 0. The number of aliphatic hydroxyl groups is 4. The molecule has 8 heteroatoms. The third-order valence-electron chi connectivity index (χ3n) is 4.94. The van der Waals surface area contributed by atoms with Crippen molar-refractivity contribution in [3.63, 3.8) is 0 Å². The van der Waals surface area contributed by atoms with E-state index in [9.17, 15) is 30.3 Å². The molecule has 3 rings (SSSR count). The van der Waals surface area contributed by atoms with E-state index >= 15 is 0 Å². The minimum atomic E-state index is -1.61. The molecule has 1 aliphatic rings. The van der Waals surface area contributed by atoms with E-state index in [1.165, 1.54) is 12.1 Å². The fraction of sp³-hybridized carbons (Fsp3) is 0.526. The van der Waals surface area contributed by atoms with Gasteiger partial charge in [0, 0.05) is 12.5 Å². The highest BCUT2D eigenvalue weighted by Gasteiger charge is 2.45. The van der Waals surface area contributed by atoms with Crippen LogP contribution < -0.4 is 5.43 Å². The SMILES string of the molecule is CCCc1cc(=O)c2c(C)cc(O)c(C3O[C@H](CO)[C@@H](O)[C@H](O)[C@H]3O)c2o1. The standard InChI is InChI=1S/C19H24O8/c1-3-4-9-6-11(22)13-8(2)5-10(21)14(18(13)26-9)19-17(25)16(24)15(23)12(7-20)27-19/h5-6,12,15-17,19-21,23-25H,3-4,7H2,1-2H3/t12-,15-,16+,17-,19?/m1/s1. The number of fused-ring (bicyclic) bond motifs is 1. The average molecular weight is 380 g/mol. The number of hydrogen-bond donors (Lipinski definition) is 5. The number of benzene rings is 1. The molecule has 27 heavy (non-hydrogen) atoms. The third kappa shape index (κ3) is 3.35. The predicted molar refractivity (Wildman–Crippen MR) is 95.6 cm³/mol. The van der Waals surface area contributed by atoms with Crippen molar-refractivity contribution in [2.45, 2.75) is 57.2 Å². The average Bonchev–Trinajstić information content (AvgIpc) is 2.61. The molecule has 0 bridgehead atoms. The van der Waals surface area contributed by atoms with Gasteiger partial charge in [0.1, 0.15) is 47.6 Å². The van der Waals surface area contributed by atoms with Gasteiger partial charge in [-0.3, -0.25) is 4.79 Å². The molecular formula is C19H24O8. The largest absolute Gasteiger partial charge is 0.507 e. The molecule has 1 fully saturated rings. The number of phenolic OH excluding ortho intramolecular Hbond substituents is 1. The van der Waals surface area contributed by atoms with Gasteiger partial charge in [0.15, 0.2) is 5.43 Å². The van der Waals surface area contributed by atoms with Gasteiger partial charge in [0.25, 0.3) is 0 Å². The second-order valence-electron chi connectivity index (χ2n) is 6.91. The van der Waals surface area contributed by atoms with E-state index < -0.39 is 37.1 Å². The van der Waals surface area contributed by atoms with Crippen LogP contribution in [0, 0.1) is 6.92 Å². The zero-order valence-corrected chi connectivity index (χ0v) is 15.1. The van der Waals surface area contributed by atoms with Crippen LogP contribution in [0.2, 0.25) is 0 Å². The second-order valence-corrected chi connectivity index (χ2v) is 6.91. The lowest BCUT2D eigenvalue weighted by Gasteiger charge is -2.40. The van der Waals surface area contributed by atoms with Crippen LogP contribution in [0.5, 0.6) is 5.75 Å². The number of aryl methyl sites for hydroxylation is 2. The molecule has 0 spiro atoms. The highest BCUT2D eigenvalue weighted by atomic mass is 16.5. The number of hydrogen-bond acceptors (Lipinski definition) is 8. The van der Waals surface area contributed by atoms with Gasteiger partial charge in [-0.2, -0.15) is 0 Å². The van der Waals surface area contributed by atoms with Crippen molar-refractivity contribution in [2.75, 3.05) is 6.61 Å². The molecule has 1 aromatic carbocycles. The van der Waals surface area contributed by atoms with E-state index in [0.717, 1.165) is 6.42 Å². The van der Waals surface area contributed by atoms with E-state index in [1.54, 1.807) is 6.92 Å². The topological polar surface area (TPSA) is 141 Å². The maximum Gasteiger partial charge on any atom is 0.193 e. The summed E-state index contributed by atoms with van der Waals surface area (Å²) in [5, 5.41) is 50.6. The van der Waals surface area contributed by atoms with E-state index in [1.807, 2.05) is 6.92 Å². The Morgan fingerprint density at radius 1 is 1.11 bits per heavy atom. The molecule has 0 radical (unpaired) electrons. The monoisotopic (exact) mass is 380 g/mol. The first-order chi connectivity index (χ1) is 12.8. The van der Waals surface area contributed by atoms with Gasteiger partial charge in [-0.25, -0.2) is 0 Å². The highest BCUT2D eigenvalue weighted by Crippen LogP contribution is 2.41. The zero-order chi connectivity index (χ0) is 19.9. The predicted octanol–water partition coefficient (Wildman–Crippen LogP) is 0.274. The molecule has 0 aliphatic carbocycles. The Morgan fingerprint density at radius 3 is 2.44 bits per heavy atom. The molecule has 8 nitrogen and oxygen atoms in total. The second kappa shape index (κ2) is 7.57. The molecule has 2 aromatic rings. The summed E-state index contributed by atoms with van der Waals surface area (Å²) in [7, 11) is 0. The Labute approximate surface area is 155 Å². The fourth-order valence-corrected chi connectivity index (χ4v) is 3.56. The first kappa shape index (κ1) is 19.8. The summed E-state index contributed by atoms with van der Waals surface area (Å²) in [6.07, 6.45) is -5.93. The lowest BCUT2D eigenvalue weighted by atomic mass is 9.89. The fourth-order valence-electron chi connectivity index (χ4n) is 3.56. The summed E-state index contributed by atoms with van der Waals surface area (Å²) in [6, 6.07) is 2.75. The van der Waals surface area contributed by atoms with E-state index in [0.29, 0.717) is 17.7 Å². The van der Waals surface area contributed by atoms with Crippen LogP contribution in [0.4, 0.5) is 0 Å². The number of aliphatic hydroxyl groups excluding tert-OH is 4. The molecule has 0 amide bonds. The van der Waals surface area contributed by atoms with Gasteiger partial charge < -0.3 is 34.7 Å². The summed E-state index contributed by atoms with van der Waals surface area (Å²) in [4.78, 5) is 12.6. The molecule has 5 N–H and O–H groups in total. The van der Waals surface area contributed by atoms with Crippen molar-refractivity contribution in [3.8, 4) is 5.75 Å². The molecule has 1 aromatic heterocycles. The number of phenols is 1. The van der Waals surface area contributed by atoms with Crippen LogP contribution in [-0.2, 0) is 11.2 Å². The zero-order valence-electron chi connectivity index (χ0n) is 15.1. The summed E-state index contributed by atoms with van der Waals surface area (Å²) in [5.41, 5.74) is 0.269. The molecule has 0 saturated carbocycles. The minimum absolute atomic E-state index is 0.00236. The van der Waals surface area contributed by atoms with Crippen LogP contribution >= 0.6 is 0 Å². The maximum absolute atomic E-state index is 12.6. The Kier molecular flexibility index (Phi) is 5.55. The van der Waals surface area contributed by atoms with Crippen LogP contribution in [0.1, 0.15) is 36.3 Å². The van der Waals surface area contributed by atoms with Gasteiger partial charge in [-0.15, -0.1) is 0 Å². The minimum Gasteiger partial charge on any atom is -0.507 e. The number of aromatic hydroxyl groups is 1. The van der Waals surface area contributed by atoms with Gasteiger partial charge in [-0.05, 0) is 25.0 Å². The Hall–Kier alpha value is -1.97. The van der Waals surface area contributed by atoms with E-state index in [2.05, 4.69) is 0 Å². The van der Waals surface area contributed by atoms with Crippen LogP contribution in [0.25, 0.3) is 11.0 Å². The van der Waals surface area contributed by atoms with Crippen molar-refractivity contribution in [3.05, 3.63) is 39.2 Å². The molecular weight excluding hydrogens is 356 g/mol. The molecule has 148 valence electrons. The summed E-state index contributed by atoms with van der Waals surface area (Å²) < 4.78 is 11.4. The third-order valence-corrected chi connectivity index (χ3v) is 4.94. The van der Waals surface area contributed by atoms with Gasteiger partial charge in [0.2, 0.25) is 0 Å². The number of ether oxygens (including phenoxy) is 1. The summed E-state index contributed by atoms with van der Waals surface area (Å²) in [5.74, 6) is 0.145. The molecule has 5 atom stereocenters. The molecule has 2 heterocycles. The van der Waals surface area contributed by atoms with Crippen LogP contribution in [-0.4, -0.2) is 56.6 Å². The maximum atomic E-state index is 12.6. The first-order valence-electron chi connectivity index (χ1n) is 8.89. The molecule has 1 saturated heterocycles. The lowest BCUT2D eigenvalue weighted by molar-refractivity contribution is -0.231. The molecule has 1 unspecified atom stereocenters. The van der Waals surface area contributed by atoms with Gasteiger partial charge in [-0.1, -0.05) is 6.92 Å². The van der Waals surface area contributed by atoms with Crippen molar-refractivity contribution >= 4 is 11.0 Å². The lowest BCUT2D eigenvalue weighted by Crippen LogP contribution is -2.55. The Balaban J connectivity index is 2.25. The molecule has 1 aliphatic heterocycles. The highest BCUT2D eigenvalue weighted by molar-refractivity contribution is 5.86. The van der Waals surface area contributed by atoms with Crippen molar-refractivity contribution in [2.24, 2.45) is 0 Å². The Bertz CT molecular complexity index is 887. The van der Waals surface area contributed by atoms with Crippen molar-refractivity contribution in [1.82, 2.24) is 0 Å². The van der Waals surface area contributed by atoms with Gasteiger partial charge in [0.05, 0.1) is 17.6 Å². The number of rotatable bonds is 4. The van der Waals surface area contributed by atoms with Crippen LogP contribution in [0.3, 0.4) is 0 Å². The normalized spacial score (nSPS) is 28.6. The summed E-state index contributed by atoms with van der Waals surface area (Å²) in [6.45, 7) is 2.98. The smallest absolute Gasteiger partial charge is 0.193 e. The first-order valence-corrected chi connectivity index (χ1v) is 8.89. The van der Waals surface area contributed by atoms with Gasteiger partial charge >= 0.3 is 0 Å². The Morgan fingerprint density at radius 2 is 1.81 bits per heavy atom. The quantitative estimate of drug-likeness (QED) is 0.509. The van der Waals surface area contributed by atoms with Crippen LogP contribution in [0.15, 0.2) is 21.3 Å². The van der Waals surface area contributed by atoms with Crippen molar-refractivity contribution in [1.29, 1.82) is 0 Å². The van der Waals surface area contributed by atoms with E-state index in [4.69, 9.17) is 9.15 Å². The van der Waals surface area contributed by atoms with E-state index in [-0.39, 0.29) is 27.7 Å².